The second-order valence-corrected chi connectivity index (χ2v) is 8.08. The number of carbonyl (C=O) groups excluding carboxylic acids is 2. The lowest BCUT2D eigenvalue weighted by molar-refractivity contribution is -0.141. The molecule has 3 atom stereocenters. The predicted molar refractivity (Wildman–Crippen MR) is 121 cm³/mol. The first-order chi connectivity index (χ1) is 17.5. The molecular formula is C22H21F3N8O4. The highest BCUT2D eigenvalue weighted by Crippen LogP contribution is 2.32. The molecule has 37 heavy (non-hydrogen) atoms. The molecule has 0 saturated carbocycles. The van der Waals surface area contributed by atoms with Gasteiger partial charge in [0.05, 0.1) is 18.4 Å². The zero-order valence-electron chi connectivity index (χ0n) is 19.5. The van der Waals surface area contributed by atoms with E-state index < -0.39 is 36.2 Å². The molecule has 3 aromatic heterocycles. The summed E-state index contributed by atoms with van der Waals surface area (Å²) in [6.45, 7) is -0.0985. The number of nitrogens with one attached hydrogen (secondary N) is 1. The smallest absolute Gasteiger partial charge is 0.388 e. The average molecular weight is 518 g/mol. The van der Waals surface area contributed by atoms with Crippen LogP contribution in [0.3, 0.4) is 0 Å². The highest BCUT2D eigenvalue weighted by atomic mass is 19.4. The van der Waals surface area contributed by atoms with Crippen molar-refractivity contribution >= 4 is 28.8 Å². The highest BCUT2D eigenvalue weighted by molar-refractivity contribution is 5.93. The lowest BCUT2D eigenvalue weighted by Gasteiger charge is -2.16. The van der Waals surface area contributed by atoms with E-state index >= 15 is 0 Å². The van der Waals surface area contributed by atoms with Gasteiger partial charge in [0.15, 0.2) is 17.7 Å². The summed E-state index contributed by atoms with van der Waals surface area (Å²) in [4.78, 5) is 41.4. The average Bonchev–Trinajstić information content (AvgIpc) is 3.46. The number of halogens is 3. The van der Waals surface area contributed by atoms with E-state index in [-0.39, 0.29) is 47.2 Å². The topological polar surface area (TPSA) is 161 Å². The molecule has 3 aromatic rings. The van der Waals surface area contributed by atoms with Crippen LogP contribution in [0.2, 0.25) is 0 Å². The van der Waals surface area contributed by atoms with Gasteiger partial charge in [0.25, 0.3) is 5.91 Å². The predicted octanol–water partition coefficient (Wildman–Crippen LogP) is 0.340. The molecular weight excluding hydrogens is 497 g/mol. The zero-order chi connectivity index (χ0) is 26.9. The van der Waals surface area contributed by atoms with Crippen molar-refractivity contribution in [3.63, 3.8) is 0 Å². The maximum atomic E-state index is 12.7. The monoisotopic (exact) mass is 518 g/mol. The summed E-state index contributed by atoms with van der Waals surface area (Å²) in [5, 5.41) is 12.9. The standard InChI is InChI=1S/C22H21F3N8O4/c1-27-19(35)13-8-12(34)21(37-13)33-10-29-16-17(26)30-15(31-18(16)33)4-3-7-32(2)20(36)11-5-6-14(28-9-11)22(23,24)25/h5-6,9-10,12-13,21,34H,7-8H2,1-2H3,(H,27,35)(H2,26,30,31)/t12?,13-,21?/m0/s1. The van der Waals surface area contributed by atoms with Gasteiger partial charge in [-0.15, -0.1) is 0 Å². The number of carbonyl (C=O) groups is 2. The van der Waals surface area contributed by atoms with Gasteiger partial charge in [-0.05, 0) is 18.1 Å². The van der Waals surface area contributed by atoms with E-state index in [1.807, 2.05) is 0 Å². The Morgan fingerprint density at radius 2 is 2.08 bits per heavy atom. The van der Waals surface area contributed by atoms with Gasteiger partial charge in [0.2, 0.25) is 11.7 Å². The fourth-order valence-corrected chi connectivity index (χ4v) is 3.63. The molecule has 1 saturated heterocycles. The normalized spacial score (nSPS) is 19.4. The number of hydrogen-bond donors (Lipinski definition) is 3. The summed E-state index contributed by atoms with van der Waals surface area (Å²) in [7, 11) is 2.88. The fraction of sp³-hybridized carbons (Fsp3) is 0.364. The Hall–Kier alpha value is -4.29. The van der Waals surface area contributed by atoms with Crippen molar-refractivity contribution in [1.82, 2.24) is 34.7 Å². The first-order valence-electron chi connectivity index (χ1n) is 10.8. The highest BCUT2D eigenvalue weighted by Gasteiger charge is 2.39. The van der Waals surface area contributed by atoms with Gasteiger partial charge in [-0.2, -0.15) is 13.2 Å². The number of anilines is 1. The second-order valence-electron chi connectivity index (χ2n) is 8.08. The number of alkyl halides is 3. The number of aliphatic hydroxyl groups is 1. The van der Waals surface area contributed by atoms with Crippen molar-refractivity contribution in [2.75, 3.05) is 26.4 Å². The number of nitrogen functional groups attached to an aromatic ring is 1. The molecule has 2 unspecified atom stereocenters. The first kappa shape index (κ1) is 25.8. The molecule has 4 heterocycles. The summed E-state index contributed by atoms with van der Waals surface area (Å²) in [6.07, 6.45) is -5.13. The van der Waals surface area contributed by atoms with E-state index in [9.17, 15) is 27.9 Å². The maximum absolute atomic E-state index is 12.7. The van der Waals surface area contributed by atoms with E-state index in [1.54, 1.807) is 0 Å². The third-order valence-corrected chi connectivity index (χ3v) is 5.51. The van der Waals surface area contributed by atoms with E-state index in [0.29, 0.717) is 0 Å². The SMILES string of the molecule is CNC(=O)[C@@H]1CC(O)C(n2cnc3c(N)nc(C#CCN(C)C(=O)c4ccc(C(F)(F)F)nc4)nc32)O1. The van der Waals surface area contributed by atoms with Crippen LogP contribution in [0.25, 0.3) is 11.2 Å². The van der Waals surface area contributed by atoms with Crippen LogP contribution in [0.15, 0.2) is 24.7 Å². The minimum Gasteiger partial charge on any atom is -0.388 e. The van der Waals surface area contributed by atoms with Crippen LogP contribution < -0.4 is 11.1 Å². The number of aromatic nitrogens is 5. The molecule has 1 fully saturated rings. The van der Waals surface area contributed by atoms with Crippen LogP contribution >= 0.6 is 0 Å². The van der Waals surface area contributed by atoms with Crippen LogP contribution in [0.4, 0.5) is 19.0 Å². The maximum Gasteiger partial charge on any atom is 0.433 e. The van der Waals surface area contributed by atoms with E-state index in [1.165, 1.54) is 29.9 Å². The number of nitrogens with zero attached hydrogens (tertiary/aromatic N) is 6. The fourth-order valence-electron chi connectivity index (χ4n) is 3.63. The molecule has 15 heteroatoms. The molecule has 12 nitrogen and oxygen atoms in total. The molecule has 2 amide bonds. The van der Waals surface area contributed by atoms with Gasteiger partial charge in [0.1, 0.15) is 23.4 Å². The number of fused-ring (bicyclic) bond motifs is 1. The van der Waals surface area contributed by atoms with Crippen LogP contribution in [-0.2, 0) is 15.7 Å². The van der Waals surface area contributed by atoms with Crippen LogP contribution in [-0.4, -0.2) is 79.2 Å². The number of imidazole rings is 1. The van der Waals surface area contributed by atoms with E-state index in [0.717, 1.165) is 18.3 Å². The number of rotatable bonds is 4. The second kappa shape index (κ2) is 9.99. The molecule has 0 aliphatic carbocycles. The lowest BCUT2D eigenvalue weighted by Crippen LogP contribution is -2.31. The van der Waals surface area contributed by atoms with E-state index in [4.69, 9.17) is 10.5 Å². The zero-order valence-corrected chi connectivity index (χ0v) is 19.5. The van der Waals surface area contributed by atoms with Gasteiger partial charge >= 0.3 is 6.18 Å². The van der Waals surface area contributed by atoms with Crippen molar-refractivity contribution in [3.8, 4) is 11.8 Å². The minimum atomic E-state index is -4.61. The quantitative estimate of drug-likeness (QED) is 0.414. The molecule has 4 rings (SSSR count). The molecule has 0 spiro atoms. The number of aliphatic hydroxyl groups excluding tert-OH is 1. The number of hydrogen-bond acceptors (Lipinski definition) is 9. The van der Waals surface area contributed by atoms with Gasteiger partial charge in [0, 0.05) is 26.7 Å². The molecule has 0 radical (unpaired) electrons. The summed E-state index contributed by atoms with van der Waals surface area (Å²) >= 11 is 0. The van der Waals surface area contributed by atoms with Crippen molar-refractivity contribution in [1.29, 1.82) is 0 Å². The van der Waals surface area contributed by atoms with Crippen molar-refractivity contribution < 1.29 is 32.6 Å². The van der Waals surface area contributed by atoms with Crippen molar-refractivity contribution in [2.24, 2.45) is 0 Å². The molecule has 4 N–H and O–H groups in total. The third-order valence-electron chi connectivity index (χ3n) is 5.51. The number of nitrogens with two attached hydrogens (primary N) is 1. The molecule has 1 aliphatic rings. The molecule has 194 valence electrons. The van der Waals surface area contributed by atoms with Gasteiger partial charge < -0.3 is 25.8 Å². The minimum absolute atomic E-state index is 0.000802. The Kier molecular flexibility index (Phi) is 6.96. The van der Waals surface area contributed by atoms with Crippen LogP contribution in [0, 0.1) is 11.8 Å². The Labute approximate surface area is 207 Å². The Balaban J connectivity index is 1.50. The van der Waals surface area contributed by atoms with Crippen LogP contribution in [0.5, 0.6) is 0 Å². The lowest BCUT2D eigenvalue weighted by atomic mass is 10.2. The number of pyridine rings is 1. The number of ether oxygens (including phenoxy) is 1. The van der Waals surface area contributed by atoms with Crippen molar-refractivity contribution in [3.05, 3.63) is 41.7 Å². The molecule has 0 aromatic carbocycles. The van der Waals surface area contributed by atoms with Crippen molar-refractivity contribution in [2.45, 2.75) is 31.0 Å². The third kappa shape index (κ3) is 5.29. The Bertz CT molecular complexity index is 1400. The summed E-state index contributed by atoms with van der Waals surface area (Å²) in [5.41, 5.74) is 5.31. The first-order valence-corrected chi connectivity index (χ1v) is 10.8. The summed E-state index contributed by atoms with van der Waals surface area (Å²) in [6, 6.07) is 1.76. The largest absolute Gasteiger partial charge is 0.433 e. The van der Waals surface area contributed by atoms with Gasteiger partial charge in [-0.3, -0.25) is 19.1 Å². The Morgan fingerprint density at radius 3 is 2.73 bits per heavy atom. The Morgan fingerprint density at radius 1 is 1.32 bits per heavy atom. The van der Waals surface area contributed by atoms with E-state index in [2.05, 4.69) is 37.1 Å². The number of amides is 2. The molecule has 0 bridgehead atoms. The summed E-state index contributed by atoms with van der Waals surface area (Å²) < 4.78 is 45.1. The van der Waals surface area contributed by atoms with Crippen LogP contribution in [0.1, 0.15) is 34.5 Å². The van der Waals surface area contributed by atoms with Gasteiger partial charge in [-0.25, -0.2) is 15.0 Å². The van der Waals surface area contributed by atoms with Gasteiger partial charge in [-0.1, -0.05) is 5.92 Å². The number of likely N-dealkylation sites (N-methyl/N-ethyl adjacent to an activating group) is 1. The molecule has 1 aliphatic heterocycles. The summed E-state index contributed by atoms with van der Waals surface area (Å²) in [5.74, 6) is 4.45.